The number of carbonyl (C=O) groups excluding carboxylic acids is 1. The third kappa shape index (κ3) is 3.08. The van der Waals surface area contributed by atoms with Crippen LogP contribution < -0.4 is 10.6 Å². The predicted molar refractivity (Wildman–Crippen MR) is 84.9 cm³/mol. The summed E-state index contributed by atoms with van der Waals surface area (Å²) in [7, 11) is 0. The minimum atomic E-state index is -0.435. The maximum absolute atomic E-state index is 13.7. The molecular weight excluding hydrogens is 335 g/mol. The van der Waals surface area contributed by atoms with Gasteiger partial charge < -0.3 is 10.6 Å². The standard InChI is InChI=1S/C16H14BrFN2O/c17-12-5-6-13(18)15(8-12)20-16(21)11-7-10-3-1-2-4-14(10)19-9-11/h1-6,8,11,19H,7,9H2,(H,20,21). The number of hydrogen-bond donors (Lipinski definition) is 2. The van der Waals surface area contributed by atoms with Crippen molar-refractivity contribution in [2.75, 3.05) is 17.2 Å². The normalized spacial score (nSPS) is 16.8. The molecule has 0 saturated carbocycles. The lowest BCUT2D eigenvalue weighted by Gasteiger charge is -2.25. The molecule has 3 nitrogen and oxygen atoms in total. The lowest BCUT2D eigenvalue weighted by atomic mass is 9.93. The Bertz CT molecular complexity index is 690. The first-order valence-corrected chi connectivity index (χ1v) is 7.50. The van der Waals surface area contributed by atoms with Crippen molar-refractivity contribution < 1.29 is 9.18 Å². The van der Waals surface area contributed by atoms with Crippen LogP contribution in [0.2, 0.25) is 0 Å². The molecule has 2 N–H and O–H groups in total. The van der Waals surface area contributed by atoms with Crippen LogP contribution in [-0.2, 0) is 11.2 Å². The van der Waals surface area contributed by atoms with Gasteiger partial charge in [0.1, 0.15) is 5.82 Å². The predicted octanol–water partition coefficient (Wildman–Crippen LogP) is 3.81. The molecule has 0 aromatic heterocycles. The summed E-state index contributed by atoms with van der Waals surface area (Å²) >= 11 is 3.27. The minimum absolute atomic E-state index is 0.172. The van der Waals surface area contributed by atoms with Crippen LogP contribution >= 0.6 is 15.9 Å². The molecule has 0 radical (unpaired) electrons. The molecule has 1 unspecified atom stereocenters. The number of nitrogens with one attached hydrogen (secondary N) is 2. The lowest BCUT2D eigenvalue weighted by Crippen LogP contribution is -2.33. The van der Waals surface area contributed by atoms with Gasteiger partial charge in [0.15, 0.2) is 0 Å². The second kappa shape index (κ2) is 5.85. The van der Waals surface area contributed by atoms with Crippen molar-refractivity contribution in [3.8, 4) is 0 Å². The molecule has 0 saturated heterocycles. The second-order valence-corrected chi connectivity index (χ2v) is 5.97. The minimum Gasteiger partial charge on any atom is -0.384 e. The molecule has 0 fully saturated rings. The Hall–Kier alpha value is -1.88. The zero-order valence-corrected chi connectivity index (χ0v) is 12.8. The SMILES string of the molecule is O=C(Nc1cc(Br)ccc1F)C1CNc2ccccc2C1. The first kappa shape index (κ1) is 14.1. The summed E-state index contributed by atoms with van der Waals surface area (Å²) in [6.45, 7) is 0.554. The summed E-state index contributed by atoms with van der Waals surface area (Å²) in [5, 5.41) is 5.91. The summed E-state index contributed by atoms with van der Waals surface area (Å²) in [5.41, 5.74) is 2.38. The fraction of sp³-hybridized carbons (Fsp3) is 0.188. The van der Waals surface area contributed by atoms with Gasteiger partial charge in [0.05, 0.1) is 11.6 Å². The molecular formula is C16H14BrFN2O. The van der Waals surface area contributed by atoms with Crippen LogP contribution in [0, 0.1) is 11.7 Å². The molecule has 3 rings (SSSR count). The van der Waals surface area contributed by atoms with Gasteiger partial charge in [0.2, 0.25) is 5.91 Å². The molecule has 21 heavy (non-hydrogen) atoms. The van der Waals surface area contributed by atoms with Crippen LogP contribution in [0.25, 0.3) is 0 Å². The fourth-order valence-corrected chi connectivity index (χ4v) is 2.82. The number of carbonyl (C=O) groups is 1. The van der Waals surface area contributed by atoms with E-state index in [2.05, 4.69) is 26.6 Å². The maximum atomic E-state index is 13.7. The first-order valence-electron chi connectivity index (χ1n) is 6.71. The number of fused-ring (bicyclic) bond motifs is 1. The van der Waals surface area contributed by atoms with Crippen LogP contribution in [0.5, 0.6) is 0 Å². The zero-order valence-electron chi connectivity index (χ0n) is 11.2. The molecule has 1 aliphatic rings. The van der Waals surface area contributed by atoms with Gasteiger partial charge in [-0.1, -0.05) is 34.1 Å². The smallest absolute Gasteiger partial charge is 0.229 e. The maximum Gasteiger partial charge on any atom is 0.229 e. The van der Waals surface area contributed by atoms with Gasteiger partial charge >= 0.3 is 0 Å². The Balaban J connectivity index is 1.74. The highest BCUT2D eigenvalue weighted by Gasteiger charge is 2.24. The number of para-hydroxylation sites is 1. The second-order valence-electron chi connectivity index (χ2n) is 5.05. The Morgan fingerprint density at radius 1 is 1.29 bits per heavy atom. The molecule has 1 aliphatic heterocycles. The van der Waals surface area contributed by atoms with Crippen molar-refractivity contribution >= 4 is 33.2 Å². The van der Waals surface area contributed by atoms with Gasteiger partial charge in [-0.2, -0.15) is 0 Å². The van der Waals surface area contributed by atoms with E-state index in [0.717, 1.165) is 15.7 Å². The van der Waals surface area contributed by atoms with Gasteiger partial charge in [-0.15, -0.1) is 0 Å². The lowest BCUT2D eigenvalue weighted by molar-refractivity contribution is -0.119. The Labute approximate surface area is 130 Å². The van der Waals surface area contributed by atoms with Crippen molar-refractivity contribution in [1.82, 2.24) is 0 Å². The highest BCUT2D eigenvalue weighted by Crippen LogP contribution is 2.26. The molecule has 1 atom stereocenters. The summed E-state index contributed by atoms with van der Waals surface area (Å²) in [6.07, 6.45) is 0.657. The number of amides is 1. The van der Waals surface area contributed by atoms with E-state index in [9.17, 15) is 9.18 Å². The van der Waals surface area contributed by atoms with Crippen LogP contribution in [0.1, 0.15) is 5.56 Å². The van der Waals surface area contributed by atoms with E-state index in [1.165, 1.54) is 6.07 Å². The van der Waals surface area contributed by atoms with Crippen LogP contribution in [0.4, 0.5) is 15.8 Å². The largest absolute Gasteiger partial charge is 0.384 e. The van der Waals surface area contributed by atoms with E-state index < -0.39 is 5.82 Å². The van der Waals surface area contributed by atoms with Crippen LogP contribution in [0.3, 0.4) is 0 Å². The quantitative estimate of drug-likeness (QED) is 0.866. The number of halogens is 2. The van der Waals surface area contributed by atoms with Gasteiger partial charge in [-0.25, -0.2) is 4.39 Å². The zero-order chi connectivity index (χ0) is 14.8. The number of rotatable bonds is 2. The number of hydrogen-bond acceptors (Lipinski definition) is 2. The fourth-order valence-electron chi connectivity index (χ4n) is 2.46. The highest BCUT2D eigenvalue weighted by atomic mass is 79.9. The Morgan fingerprint density at radius 3 is 2.95 bits per heavy atom. The molecule has 2 aromatic carbocycles. The van der Waals surface area contributed by atoms with Crippen molar-refractivity contribution in [1.29, 1.82) is 0 Å². The topological polar surface area (TPSA) is 41.1 Å². The van der Waals surface area contributed by atoms with E-state index in [1.807, 2.05) is 24.3 Å². The molecule has 0 aliphatic carbocycles. The third-order valence-corrected chi connectivity index (χ3v) is 4.07. The summed E-state index contributed by atoms with van der Waals surface area (Å²) < 4.78 is 14.4. The molecule has 0 spiro atoms. The van der Waals surface area contributed by atoms with Crippen molar-refractivity contribution in [2.45, 2.75) is 6.42 Å². The van der Waals surface area contributed by atoms with Gasteiger partial charge in [-0.05, 0) is 36.2 Å². The summed E-state index contributed by atoms with van der Waals surface area (Å²) in [5.74, 6) is -0.817. The van der Waals surface area contributed by atoms with Crippen molar-refractivity contribution in [3.63, 3.8) is 0 Å². The van der Waals surface area contributed by atoms with Crippen LogP contribution in [-0.4, -0.2) is 12.5 Å². The van der Waals surface area contributed by atoms with Crippen molar-refractivity contribution in [2.24, 2.45) is 5.92 Å². The van der Waals surface area contributed by atoms with Gasteiger partial charge in [-0.3, -0.25) is 4.79 Å². The summed E-state index contributed by atoms with van der Waals surface area (Å²) in [4.78, 5) is 12.3. The van der Waals surface area contributed by atoms with E-state index in [4.69, 9.17) is 0 Å². The molecule has 1 heterocycles. The van der Waals surface area contributed by atoms with Gasteiger partial charge in [0.25, 0.3) is 0 Å². The highest BCUT2D eigenvalue weighted by molar-refractivity contribution is 9.10. The van der Waals surface area contributed by atoms with E-state index in [1.54, 1.807) is 12.1 Å². The van der Waals surface area contributed by atoms with Gasteiger partial charge in [0, 0.05) is 16.7 Å². The number of anilines is 2. The monoisotopic (exact) mass is 348 g/mol. The third-order valence-electron chi connectivity index (χ3n) is 3.58. The van der Waals surface area contributed by atoms with E-state index in [-0.39, 0.29) is 17.5 Å². The number of benzene rings is 2. The Kier molecular flexibility index (Phi) is 3.92. The first-order chi connectivity index (χ1) is 10.1. The Morgan fingerprint density at radius 2 is 2.10 bits per heavy atom. The summed E-state index contributed by atoms with van der Waals surface area (Å²) in [6, 6.07) is 12.4. The molecule has 2 aromatic rings. The molecule has 0 bridgehead atoms. The van der Waals surface area contributed by atoms with E-state index in [0.29, 0.717) is 13.0 Å². The average molecular weight is 349 g/mol. The van der Waals surface area contributed by atoms with Crippen molar-refractivity contribution in [3.05, 3.63) is 58.3 Å². The molecule has 108 valence electrons. The van der Waals surface area contributed by atoms with Crippen LogP contribution in [0.15, 0.2) is 46.9 Å². The van der Waals surface area contributed by atoms with E-state index >= 15 is 0 Å². The average Bonchev–Trinajstić information content (AvgIpc) is 2.50. The molecule has 5 heteroatoms. The molecule has 1 amide bonds.